The molecule has 0 aromatic heterocycles. The summed E-state index contributed by atoms with van der Waals surface area (Å²) in [5.41, 5.74) is 5.47. The van der Waals surface area contributed by atoms with Crippen molar-refractivity contribution in [2.45, 2.75) is 96.8 Å². The summed E-state index contributed by atoms with van der Waals surface area (Å²) in [6.45, 7) is 3.14. The highest BCUT2D eigenvalue weighted by Crippen LogP contribution is 2.09. The van der Waals surface area contributed by atoms with E-state index < -0.39 is 0 Å². The summed E-state index contributed by atoms with van der Waals surface area (Å²) in [6.07, 6.45) is 23.9. The van der Waals surface area contributed by atoms with Gasteiger partial charge >= 0.3 is 0 Å². The van der Waals surface area contributed by atoms with Crippen LogP contribution in [-0.4, -0.2) is 6.54 Å². The minimum Gasteiger partial charge on any atom is -0.330 e. The highest BCUT2D eigenvalue weighted by molar-refractivity contribution is 4.81. The lowest BCUT2D eigenvalue weighted by Crippen LogP contribution is -1.97. The molecule has 2 N–H and O–H groups in total. The Labute approximate surface area is 127 Å². The van der Waals surface area contributed by atoms with Crippen molar-refractivity contribution in [3.05, 3.63) is 12.2 Å². The molecule has 0 aromatic rings. The number of hydrogen-bond acceptors (Lipinski definition) is 1. The quantitative estimate of drug-likeness (QED) is 0.297. The maximum Gasteiger partial charge on any atom is 0 e. The summed E-state index contributed by atoms with van der Waals surface area (Å²) in [7, 11) is 0. The van der Waals surface area contributed by atoms with Gasteiger partial charge in [-0.05, 0) is 38.6 Å². The fraction of sp³-hybridized carbons (Fsp3) is 0.889. The highest BCUT2D eigenvalue weighted by Gasteiger charge is 1.90. The van der Waals surface area contributed by atoms with E-state index in [1.54, 1.807) is 0 Å². The molecule has 0 bridgehead atoms. The zero-order valence-electron chi connectivity index (χ0n) is 13.7. The average Bonchev–Trinajstić information content (AvgIpc) is 2.43. The van der Waals surface area contributed by atoms with E-state index in [1.165, 1.54) is 89.9 Å². The summed E-state index contributed by atoms with van der Waals surface area (Å²) >= 11 is 0. The molecule has 0 saturated carbocycles. The van der Waals surface area contributed by atoms with E-state index in [-0.39, 0.29) is 5.48 Å². The molecule has 2 heteroatoms. The maximum atomic E-state index is 5.47. The van der Waals surface area contributed by atoms with Gasteiger partial charge < -0.3 is 5.73 Å². The lowest BCUT2D eigenvalue weighted by atomic mass is 10.1. The van der Waals surface area contributed by atoms with Crippen LogP contribution in [0.2, 0.25) is 0 Å². The molecule has 0 fully saturated rings. The molecule has 0 saturated heterocycles. The van der Waals surface area contributed by atoms with Crippen LogP contribution in [0.1, 0.15) is 96.8 Å². The smallest absolute Gasteiger partial charge is 0 e. The van der Waals surface area contributed by atoms with E-state index in [0.717, 1.165) is 6.54 Å². The van der Waals surface area contributed by atoms with Gasteiger partial charge in [-0.1, -0.05) is 76.9 Å². The van der Waals surface area contributed by atoms with Gasteiger partial charge in [0.2, 0.25) is 0 Å². The molecular weight excluding hydrogens is 246 g/mol. The molecular formula is C18H37NO. The minimum atomic E-state index is 0. The second kappa shape index (κ2) is 21.0. The van der Waals surface area contributed by atoms with Crippen molar-refractivity contribution in [2.24, 2.45) is 5.73 Å². The zero-order valence-corrected chi connectivity index (χ0v) is 13.7. The van der Waals surface area contributed by atoms with Crippen LogP contribution in [-0.2, 0) is 5.48 Å². The Morgan fingerprint density at radius 3 is 1.45 bits per heavy atom. The van der Waals surface area contributed by atoms with Crippen LogP contribution in [0.25, 0.3) is 0 Å². The minimum absolute atomic E-state index is 0. The first kappa shape index (κ1) is 21.9. The first-order chi connectivity index (χ1) is 9.41. The number of nitrogens with two attached hydrogens (primary N) is 1. The monoisotopic (exact) mass is 283 g/mol. The first-order valence-corrected chi connectivity index (χ1v) is 8.77. The van der Waals surface area contributed by atoms with Gasteiger partial charge in [0.25, 0.3) is 0 Å². The average molecular weight is 283 g/mol. The molecule has 0 atom stereocenters. The van der Waals surface area contributed by atoms with Crippen LogP contribution in [0.15, 0.2) is 12.2 Å². The van der Waals surface area contributed by atoms with Crippen LogP contribution in [0, 0.1) is 0 Å². The maximum absolute atomic E-state index is 5.47. The van der Waals surface area contributed by atoms with Crippen molar-refractivity contribution in [1.29, 1.82) is 0 Å². The van der Waals surface area contributed by atoms with Crippen molar-refractivity contribution in [1.82, 2.24) is 0 Å². The Hall–Kier alpha value is -0.340. The fourth-order valence-electron chi connectivity index (χ4n) is 2.39. The Morgan fingerprint density at radius 1 is 0.600 bits per heavy atom. The van der Waals surface area contributed by atoms with Crippen LogP contribution in [0.4, 0.5) is 0 Å². The molecule has 0 rings (SSSR count). The highest BCUT2D eigenvalue weighted by atomic mass is 16.0. The number of hydrogen-bond donors (Lipinski definition) is 1. The Bertz CT molecular complexity index is 180. The Kier molecular flexibility index (Phi) is 23.0. The predicted molar refractivity (Wildman–Crippen MR) is 89.2 cm³/mol. The lowest BCUT2D eigenvalue weighted by molar-refractivity contribution is 0.599. The third-order valence-corrected chi connectivity index (χ3v) is 3.72. The van der Waals surface area contributed by atoms with Crippen LogP contribution >= 0.6 is 0 Å². The number of allylic oxidation sites excluding steroid dienone is 2. The molecule has 0 aliphatic rings. The topological polar surface area (TPSA) is 54.5 Å². The standard InChI is InChI=1S/C18H37N.O/c1-2-3-4-5-6-7-8-9-10-11-12-13-14-15-16-17-18-19;/h9-10H,2-8,11-19H2,1H3;/b10-9-;. The van der Waals surface area contributed by atoms with Gasteiger partial charge in [0.1, 0.15) is 0 Å². The second-order valence-corrected chi connectivity index (χ2v) is 5.73. The van der Waals surface area contributed by atoms with E-state index in [9.17, 15) is 0 Å². The van der Waals surface area contributed by atoms with Crippen molar-refractivity contribution < 1.29 is 5.48 Å². The van der Waals surface area contributed by atoms with Gasteiger partial charge in [0.05, 0.1) is 0 Å². The van der Waals surface area contributed by atoms with Gasteiger partial charge in [-0.15, -0.1) is 0 Å². The zero-order chi connectivity index (χ0) is 14.0. The van der Waals surface area contributed by atoms with Gasteiger partial charge in [-0.3, -0.25) is 0 Å². The molecule has 0 aliphatic heterocycles. The number of unbranched alkanes of at least 4 members (excludes halogenated alkanes) is 12. The van der Waals surface area contributed by atoms with Crippen LogP contribution < -0.4 is 5.73 Å². The summed E-state index contributed by atoms with van der Waals surface area (Å²) in [6, 6.07) is 0. The molecule has 0 amide bonds. The normalized spacial score (nSPS) is 10.9. The summed E-state index contributed by atoms with van der Waals surface area (Å²) in [4.78, 5) is 0. The molecule has 0 aliphatic carbocycles. The second-order valence-electron chi connectivity index (χ2n) is 5.73. The van der Waals surface area contributed by atoms with E-state index in [0.29, 0.717) is 0 Å². The fourth-order valence-corrected chi connectivity index (χ4v) is 2.39. The molecule has 2 nitrogen and oxygen atoms in total. The summed E-state index contributed by atoms with van der Waals surface area (Å²) < 4.78 is 0. The molecule has 20 heavy (non-hydrogen) atoms. The van der Waals surface area contributed by atoms with Crippen LogP contribution in [0.5, 0.6) is 0 Å². The van der Waals surface area contributed by atoms with Crippen molar-refractivity contribution in [2.75, 3.05) is 6.54 Å². The Morgan fingerprint density at radius 2 is 1.00 bits per heavy atom. The van der Waals surface area contributed by atoms with E-state index >= 15 is 0 Å². The molecule has 0 unspecified atom stereocenters. The van der Waals surface area contributed by atoms with Crippen molar-refractivity contribution in [3.63, 3.8) is 0 Å². The van der Waals surface area contributed by atoms with E-state index in [4.69, 9.17) is 5.73 Å². The van der Waals surface area contributed by atoms with Crippen LogP contribution in [0.3, 0.4) is 0 Å². The Balaban J connectivity index is 0. The van der Waals surface area contributed by atoms with Gasteiger partial charge in [0.15, 0.2) is 0 Å². The van der Waals surface area contributed by atoms with Crippen molar-refractivity contribution in [3.8, 4) is 0 Å². The van der Waals surface area contributed by atoms with E-state index in [1.807, 2.05) is 0 Å². The molecule has 0 heterocycles. The third-order valence-electron chi connectivity index (χ3n) is 3.72. The van der Waals surface area contributed by atoms with Gasteiger partial charge in [-0.2, -0.15) is 0 Å². The largest absolute Gasteiger partial charge is 0.330 e. The summed E-state index contributed by atoms with van der Waals surface area (Å²) in [5, 5.41) is 0. The third kappa shape index (κ3) is 20.0. The number of rotatable bonds is 15. The molecule has 0 aromatic carbocycles. The molecule has 0 spiro atoms. The SMILES string of the molecule is CCCCCCCC/C=C\CCCCCCCCN.[O]. The molecule has 120 valence electrons. The lowest BCUT2D eigenvalue weighted by Gasteiger charge is -1.99. The molecule has 2 radical (unpaired) electrons. The first-order valence-electron chi connectivity index (χ1n) is 8.77. The van der Waals surface area contributed by atoms with Gasteiger partial charge in [0, 0.05) is 5.48 Å². The predicted octanol–water partition coefficient (Wildman–Crippen LogP) is 5.86. The van der Waals surface area contributed by atoms with Crippen molar-refractivity contribution >= 4 is 0 Å². The van der Waals surface area contributed by atoms with E-state index in [2.05, 4.69) is 19.1 Å². The summed E-state index contributed by atoms with van der Waals surface area (Å²) in [5.74, 6) is 0. The van der Waals surface area contributed by atoms with Gasteiger partial charge in [-0.25, -0.2) is 0 Å².